The molecule has 0 aliphatic carbocycles. The van der Waals surface area contributed by atoms with Crippen molar-refractivity contribution in [1.29, 1.82) is 0 Å². The summed E-state index contributed by atoms with van der Waals surface area (Å²) in [6, 6.07) is 7.30. The normalized spacial score (nSPS) is 19.7. The zero-order valence-electron chi connectivity index (χ0n) is 14.2. The third-order valence-electron chi connectivity index (χ3n) is 3.69. The van der Waals surface area contributed by atoms with Crippen molar-refractivity contribution in [1.82, 2.24) is 9.97 Å². The summed E-state index contributed by atoms with van der Waals surface area (Å²) in [5.41, 5.74) is 0.392. The van der Waals surface area contributed by atoms with Gasteiger partial charge in [-0.05, 0) is 19.1 Å². The van der Waals surface area contributed by atoms with E-state index in [0.717, 1.165) is 5.82 Å². The lowest BCUT2D eigenvalue weighted by Gasteiger charge is -2.30. The van der Waals surface area contributed by atoms with E-state index in [-0.39, 0.29) is 11.3 Å². The Labute approximate surface area is 141 Å². The fourth-order valence-electron chi connectivity index (χ4n) is 2.40. The Hall–Kier alpha value is -2.63. The number of aromatic nitrogens is 2. The van der Waals surface area contributed by atoms with Crippen LogP contribution in [0.5, 0.6) is 11.5 Å². The van der Waals surface area contributed by atoms with Gasteiger partial charge in [-0.15, -0.1) is 0 Å². The average Bonchev–Trinajstić information content (AvgIpc) is 2.53. The highest BCUT2D eigenvalue weighted by atomic mass is 16.6. The van der Waals surface area contributed by atoms with Gasteiger partial charge in [0, 0.05) is 5.41 Å². The van der Waals surface area contributed by atoms with Crippen LogP contribution in [-0.4, -0.2) is 28.1 Å². The predicted molar refractivity (Wildman–Crippen MR) is 90.3 cm³/mol. The lowest BCUT2D eigenvalue weighted by molar-refractivity contribution is -0.128. The Morgan fingerprint density at radius 1 is 1.08 bits per heavy atom. The van der Waals surface area contributed by atoms with Gasteiger partial charge in [-0.1, -0.05) is 32.9 Å². The molecule has 0 unspecified atom stereocenters. The third kappa shape index (κ3) is 3.32. The molecule has 0 fully saturated rings. The van der Waals surface area contributed by atoms with Crippen LogP contribution in [0.1, 0.15) is 33.5 Å². The number of ether oxygens (including phenoxy) is 2. The van der Waals surface area contributed by atoms with Crippen molar-refractivity contribution in [3.63, 3.8) is 0 Å². The quantitative estimate of drug-likeness (QED) is 0.918. The molecule has 2 aromatic rings. The molecular weight excluding hydrogens is 306 g/mol. The first-order chi connectivity index (χ1) is 11.3. The van der Waals surface area contributed by atoms with E-state index in [1.807, 2.05) is 39.0 Å². The molecule has 2 atom stereocenters. The zero-order valence-corrected chi connectivity index (χ0v) is 14.2. The van der Waals surface area contributed by atoms with E-state index in [0.29, 0.717) is 17.2 Å². The van der Waals surface area contributed by atoms with Gasteiger partial charge in [0.2, 0.25) is 6.10 Å². The number of carbonyl (C=O) groups is 1. The van der Waals surface area contributed by atoms with E-state index in [9.17, 15) is 4.79 Å². The number of rotatable bonds is 2. The number of anilines is 1. The largest absolute Gasteiger partial charge is 0.482 e. The molecule has 0 bridgehead atoms. The monoisotopic (exact) mass is 327 g/mol. The lowest BCUT2D eigenvalue weighted by atomic mass is 9.96. The molecule has 1 aromatic carbocycles. The van der Waals surface area contributed by atoms with Gasteiger partial charge in [0.15, 0.2) is 11.5 Å². The highest BCUT2D eigenvalue weighted by Crippen LogP contribution is 2.33. The van der Waals surface area contributed by atoms with Crippen LogP contribution in [0, 0.1) is 0 Å². The molecule has 24 heavy (non-hydrogen) atoms. The molecule has 0 saturated heterocycles. The Morgan fingerprint density at radius 3 is 2.25 bits per heavy atom. The predicted octanol–water partition coefficient (Wildman–Crippen LogP) is 2.94. The molecule has 6 nitrogen and oxygen atoms in total. The number of fused-ring (bicyclic) bond motifs is 1. The number of nitrogens with zero attached hydrogens (tertiary/aromatic N) is 2. The second-order valence-corrected chi connectivity index (χ2v) is 6.84. The molecule has 1 amide bonds. The van der Waals surface area contributed by atoms with Crippen LogP contribution in [0.15, 0.2) is 36.7 Å². The maximum Gasteiger partial charge on any atom is 0.269 e. The smallest absolute Gasteiger partial charge is 0.269 e. The van der Waals surface area contributed by atoms with E-state index < -0.39 is 12.2 Å². The number of hydrogen-bond acceptors (Lipinski definition) is 5. The van der Waals surface area contributed by atoms with Crippen molar-refractivity contribution in [2.24, 2.45) is 0 Å². The molecule has 2 heterocycles. The number of amides is 1. The minimum atomic E-state index is -0.734. The molecule has 0 saturated carbocycles. The van der Waals surface area contributed by atoms with Crippen molar-refractivity contribution in [2.45, 2.75) is 45.3 Å². The van der Waals surface area contributed by atoms with E-state index >= 15 is 0 Å². The van der Waals surface area contributed by atoms with Gasteiger partial charge in [-0.3, -0.25) is 4.79 Å². The number of hydrogen-bond donors (Lipinski definition) is 1. The molecule has 1 N–H and O–H groups in total. The van der Waals surface area contributed by atoms with Gasteiger partial charge in [-0.2, -0.15) is 0 Å². The second-order valence-electron chi connectivity index (χ2n) is 6.84. The van der Waals surface area contributed by atoms with Crippen LogP contribution in [0.4, 0.5) is 5.69 Å². The SMILES string of the molecule is C[C@@H]1Oc2ccccc2O[C@H]1C(=O)Nc1cnc(C(C)(C)C)nc1. The van der Waals surface area contributed by atoms with E-state index in [1.54, 1.807) is 25.4 Å². The number of benzene rings is 1. The minimum Gasteiger partial charge on any atom is -0.482 e. The van der Waals surface area contributed by atoms with Crippen molar-refractivity contribution in [3.8, 4) is 11.5 Å². The van der Waals surface area contributed by atoms with Crippen molar-refractivity contribution in [2.75, 3.05) is 5.32 Å². The van der Waals surface area contributed by atoms with Gasteiger partial charge in [0.25, 0.3) is 5.91 Å². The molecule has 0 radical (unpaired) electrons. The van der Waals surface area contributed by atoms with E-state index in [4.69, 9.17) is 9.47 Å². The van der Waals surface area contributed by atoms with Gasteiger partial charge in [-0.25, -0.2) is 9.97 Å². The Balaban J connectivity index is 1.71. The Kier molecular flexibility index (Phi) is 4.13. The highest BCUT2D eigenvalue weighted by Gasteiger charge is 2.34. The number of para-hydroxylation sites is 2. The molecule has 1 aliphatic heterocycles. The molecule has 1 aromatic heterocycles. The summed E-state index contributed by atoms with van der Waals surface area (Å²) in [4.78, 5) is 21.1. The average molecular weight is 327 g/mol. The van der Waals surface area contributed by atoms with Crippen LogP contribution in [0.3, 0.4) is 0 Å². The summed E-state index contributed by atoms with van der Waals surface area (Å²) in [5.74, 6) is 1.64. The molecule has 0 spiro atoms. The lowest BCUT2D eigenvalue weighted by Crippen LogP contribution is -2.46. The van der Waals surface area contributed by atoms with Gasteiger partial charge < -0.3 is 14.8 Å². The summed E-state index contributed by atoms with van der Waals surface area (Å²) >= 11 is 0. The van der Waals surface area contributed by atoms with E-state index in [1.165, 1.54) is 0 Å². The first-order valence-electron chi connectivity index (χ1n) is 7.90. The van der Waals surface area contributed by atoms with Gasteiger partial charge >= 0.3 is 0 Å². The van der Waals surface area contributed by atoms with Crippen LogP contribution < -0.4 is 14.8 Å². The molecule has 1 aliphatic rings. The summed E-state index contributed by atoms with van der Waals surface area (Å²) in [5, 5.41) is 2.78. The first-order valence-corrected chi connectivity index (χ1v) is 7.90. The topological polar surface area (TPSA) is 73.3 Å². The Morgan fingerprint density at radius 2 is 1.67 bits per heavy atom. The summed E-state index contributed by atoms with van der Waals surface area (Å²) in [6.45, 7) is 7.91. The van der Waals surface area contributed by atoms with Gasteiger partial charge in [0.1, 0.15) is 11.9 Å². The van der Waals surface area contributed by atoms with Crippen LogP contribution in [-0.2, 0) is 10.2 Å². The summed E-state index contributed by atoms with van der Waals surface area (Å²) in [7, 11) is 0. The fraction of sp³-hybridized carbons (Fsp3) is 0.389. The highest BCUT2D eigenvalue weighted by molar-refractivity contribution is 5.94. The zero-order chi connectivity index (χ0) is 17.3. The number of nitrogens with one attached hydrogen (secondary N) is 1. The van der Waals surface area contributed by atoms with E-state index in [2.05, 4.69) is 15.3 Å². The maximum atomic E-state index is 12.5. The first kappa shape index (κ1) is 16.2. The van der Waals surface area contributed by atoms with Crippen molar-refractivity contribution < 1.29 is 14.3 Å². The van der Waals surface area contributed by atoms with Crippen molar-refractivity contribution >= 4 is 11.6 Å². The summed E-state index contributed by atoms with van der Waals surface area (Å²) < 4.78 is 11.5. The second kappa shape index (κ2) is 6.11. The van der Waals surface area contributed by atoms with Crippen LogP contribution in [0.2, 0.25) is 0 Å². The number of carbonyl (C=O) groups excluding carboxylic acids is 1. The maximum absolute atomic E-state index is 12.5. The molecule has 126 valence electrons. The van der Waals surface area contributed by atoms with Crippen LogP contribution >= 0.6 is 0 Å². The third-order valence-corrected chi connectivity index (χ3v) is 3.69. The summed E-state index contributed by atoms with van der Waals surface area (Å²) in [6.07, 6.45) is 2.08. The molecule has 6 heteroatoms. The fourth-order valence-corrected chi connectivity index (χ4v) is 2.40. The van der Waals surface area contributed by atoms with Crippen LogP contribution in [0.25, 0.3) is 0 Å². The molecular formula is C18H21N3O3. The molecule has 3 rings (SSSR count). The standard InChI is InChI=1S/C18H21N3O3/c1-11-15(24-14-8-6-5-7-13(14)23-11)16(22)21-12-9-19-17(20-10-12)18(2,3)4/h5-11,15H,1-4H3,(H,21,22)/t11-,15+/m0/s1. The van der Waals surface area contributed by atoms with Gasteiger partial charge in [0.05, 0.1) is 18.1 Å². The minimum absolute atomic E-state index is 0.138. The Bertz CT molecular complexity index is 738. The van der Waals surface area contributed by atoms with Crippen molar-refractivity contribution in [3.05, 3.63) is 42.5 Å².